The third-order valence-electron chi connectivity index (χ3n) is 3.00. The molecule has 0 bridgehead atoms. The highest BCUT2D eigenvalue weighted by Gasteiger charge is 2.29. The van der Waals surface area contributed by atoms with Gasteiger partial charge in [0.2, 0.25) is 17.7 Å². The Kier molecular flexibility index (Phi) is 3.96. The molecule has 1 fully saturated rings. The van der Waals surface area contributed by atoms with Crippen molar-refractivity contribution in [1.29, 1.82) is 0 Å². The van der Waals surface area contributed by atoms with Gasteiger partial charge in [0.25, 0.3) is 0 Å². The van der Waals surface area contributed by atoms with Gasteiger partial charge < -0.3 is 15.0 Å². The molecule has 1 amide bonds. The SMILES string of the molecule is CCOc1ccnc(N2CC[C@@H](C(=O)NC)C2)n1. The standard InChI is InChI=1S/C12H18N4O2/c1-3-18-10-4-6-14-12(15-10)16-7-5-9(8-16)11(17)13-2/h4,6,9H,3,5,7-8H2,1-2H3,(H,13,17)/t9-/m1/s1. The van der Waals surface area contributed by atoms with E-state index in [1.165, 1.54) is 0 Å². The first-order chi connectivity index (χ1) is 8.74. The van der Waals surface area contributed by atoms with Crippen molar-refractivity contribution >= 4 is 11.9 Å². The molecule has 0 radical (unpaired) electrons. The van der Waals surface area contributed by atoms with Crippen LogP contribution in [-0.4, -0.2) is 42.6 Å². The summed E-state index contributed by atoms with van der Waals surface area (Å²) in [6, 6.07) is 1.74. The number of nitrogens with one attached hydrogen (secondary N) is 1. The Hall–Kier alpha value is -1.85. The molecule has 98 valence electrons. The maximum atomic E-state index is 11.6. The lowest BCUT2D eigenvalue weighted by Gasteiger charge is -2.16. The van der Waals surface area contributed by atoms with Crippen LogP contribution >= 0.6 is 0 Å². The lowest BCUT2D eigenvalue weighted by molar-refractivity contribution is -0.123. The van der Waals surface area contributed by atoms with E-state index in [1.54, 1.807) is 19.3 Å². The van der Waals surface area contributed by atoms with Crippen molar-refractivity contribution in [2.75, 3.05) is 31.6 Å². The fourth-order valence-corrected chi connectivity index (χ4v) is 2.07. The Morgan fingerprint density at radius 2 is 2.50 bits per heavy atom. The van der Waals surface area contributed by atoms with Gasteiger partial charge in [-0.2, -0.15) is 4.98 Å². The van der Waals surface area contributed by atoms with Gasteiger partial charge in [-0.1, -0.05) is 0 Å². The molecule has 2 rings (SSSR count). The van der Waals surface area contributed by atoms with E-state index in [1.807, 2.05) is 11.8 Å². The molecular weight excluding hydrogens is 232 g/mol. The van der Waals surface area contributed by atoms with Crippen LogP contribution in [0.25, 0.3) is 0 Å². The van der Waals surface area contributed by atoms with E-state index in [2.05, 4.69) is 15.3 Å². The van der Waals surface area contributed by atoms with Gasteiger partial charge in [0.15, 0.2) is 0 Å². The third kappa shape index (κ3) is 2.69. The predicted molar refractivity (Wildman–Crippen MR) is 67.6 cm³/mol. The Morgan fingerprint density at radius 1 is 1.67 bits per heavy atom. The van der Waals surface area contributed by atoms with Gasteiger partial charge in [-0.05, 0) is 13.3 Å². The minimum atomic E-state index is 0.0225. The molecule has 1 aliphatic rings. The fourth-order valence-electron chi connectivity index (χ4n) is 2.07. The van der Waals surface area contributed by atoms with Gasteiger partial charge in [0, 0.05) is 32.4 Å². The van der Waals surface area contributed by atoms with Crippen molar-refractivity contribution < 1.29 is 9.53 Å². The number of amides is 1. The first-order valence-corrected chi connectivity index (χ1v) is 6.17. The third-order valence-corrected chi connectivity index (χ3v) is 3.00. The van der Waals surface area contributed by atoms with Crippen LogP contribution in [0, 0.1) is 5.92 Å². The second-order valence-corrected chi connectivity index (χ2v) is 4.17. The Bertz CT molecular complexity index is 424. The van der Waals surface area contributed by atoms with Crippen LogP contribution in [0.5, 0.6) is 5.88 Å². The largest absolute Gasteiger partial charge is 0.478 e. The lowest BCUT2D eigenvalue weighted by atomic mass is 10.1. The molecule has 0 spiro atoms. The molecular formula is C12H18N4O2. The monoisotopic (exact) mass is 250 g/mol. The maximum absolute atomic E-state index is 11.6. The average molecular weight is 250 g/mol. The number of hydrogen-bond acceptors (Lipinski definition) is 5. The van der Waals surface area contributed by atoms with Gasteiger partial charge in [0.1, 0.15) is 0 Å². The fraction of sp³-hybridized carbons (Fsp3) is 0.583. The number of carbonyl (C=O) groups is 1. The second kappa shape index (κ2) is 5.66. The van der Waals surface area contributed by atoms with Gasteiger partial charge >= 0.3 is 0 Å². The summed E-state index contributed by atoms with van der Waals surface area (Å²) < 4.78 is 5.34. The van der Waals surface area contributed by atoms with E-state index in [-0.39, 0.29) is 11.8 Å². The summed E-state index contributed by atoms with van der Waals surface area (Å²) in [6.45, 7) is 3.96. The summed E-state index contributed by atoms with van der Waals surface area (Å²) >= 11 is 0. The van der Waals surface area contributed by atoms with Crippen molar-refractivity contribution in [1.82, 2.24) is 15.3 Å². The summed E-state index contributed by atoms with van der Waals surface area (Å²) in [5, 5.41) is 2.68. The molecule has 1 aliphatic heterocycles. The zero-order chi connectivity index (χ0) is 13.0. The first kappa shape index (κ1) is 12.6. The van der Waals surface area contributed by atoms with Crippen LogP contribution in [0.15, 0.2) is 12.3 Å². The van der Waals surface area contributed by atoms with E-state index < -0.39 is 0 Å². The number of aromatic nitrogens is 2. The molecule has 1 atom stereocenters. The second-order valence-electron chi connectivity index (χ2n) is 4.17. The molecule has 1 aromatic rings. The van der Waals surface area contributed by atoms with Crippen LogP contribution in [0.1, 0.15) is 13.3 Å². The van der Waals surface area contributed by atoms with Gasteiger partial charge in [-0.25, -0.2) is 4.98 Å². The van der Waals surface area contributed by atoms with E-state index in [0.29, 0.717) is 25.0 Å². The number of anilines is 1. The maximum Gasteiger partial charge on any atom is 0.228 e. The Labute approximate surface area is 106 Å². The number of ether oxygens (including phenoxy) is 1. The highest BCUT2D eigenvalue weighted by Crippen LogP contribution is 2.22. The quantitative estimate of drug-likeness (QED) is 0.840. The van der Waals surface area contributed by atoms with Crippen LogP contribution < -0.4 is 15.0 Å². The molecule has 18 heavy (non-hydrogen) atoms. The van der Waals surface area contributed by atoms with Crippen LogP contribution in [0.3, 0.4) is 0 Å². The van der Waals surface area contributed by atoms with E-state index >= 15 is 0 Å². The number of hydrogen-bond donors (Lipinski definition) is 1. The van der Waals surface area contributed by atoms with E-state index in [4.69, 9.17) is 4.74 Å². The van der Waals surface area contributed by atoms with Crippen molar-refractivity contribution in [3.05, 3.63) is 12.3 Å². The average Bonchev–Trinajstić information content (AvgIpc) is 2.88. The molecule has 0 unspecified atom stereocenters. The van der Waals surface area contributed by atoms with Crippen molar-refractivity contribution in [3.8, 4) is 5.88 Å². The van der Waals surface area contributed by atoms with Crippen LogP contribution in [0.4, 0.5) is 5.95 Å². The minimum Gasteiger partial charge on any atom is -0.478 e. The van der Waals surface area contributed by atoms with Crippen molar-refractivity contribution in [2.24, 2.45) is 5.92 Å². The van der Waals surface area contributed by atoms with Crippen LogP contribution in [-0.2, 0) is 4.79 Å². The zero-order valence-electron chi connectivity index (χ0n) is 10.7. The summed E-state index contributed by atoms with van der Waals surface area (Å²) in [7, 11) is 1.66. The molecule has 0 aromatic carbocycles. The van der Waals surface area contributed by atoms with Crippen molar-refractivity contribution in [2.45, 2.75) is 13.3 Å². The molecule has 2 heterocycles. The molecule has 0 saturated carbocycles. The summed E-state index contributed by atoms with van der Waals surface area (Å²) in [5.41, 5.74) is 0. The molecule has 1 aromatic heterocycles. The first-order valence-electron chi connectivity index (χ1n) is 6.17. The Morgan fingerprint density at radius 3 is 3.22 bits per heavy atom. The molecule has 6 nitrogen and oxygen atoms in total. The zero-order valence-corrected chi connectivity index (χ0v) is 10.7. The van der Waals surface area contributed by atoms with Gasteiger partial charge in [-0.15, -0.1) is 0 Å². The topological polar surface area (TPSA) is 67.3 Å². The number of rotatable bonds is 4. The molecule has 6 heteroatoms. The molecule has 1 saturated heterocycles. The van der Waals surface area contributed by atoms with Crippen molar-refractivity contribution in [3.63, 3.8) is 0 Å². The molecule has 0 aliphatic carbocycles. The van der Waals surface area contributed by atoms with Gasteiger partial charge in [0.05, 0.1) is 12.5 Å². The van der Waals surface area contributed by atoms with Crippen LogP contribution in [0.2, 0.25) is 0 Å². The van der Waals surface area contributed by atoms with Gasteiger partial charge in [-0.3, -0.25) is 4.79 Å². The minimum absolute atomic E-state index is 0.0225. The molecule has 1 N–H and O–H groups in total. The van der Waals surface area contributed by atoms with E-state index in [0.717, 1.165) is 13.0 Å². The Balaban J connectivity index is 2.04. The summed E-state index contributed by atoms with van der Waals surface area (Å²) in [6.07, 6.45) is 2.52. The lowest BCUT2D eigenvalue weighted by Crippen LogP contribution is -2.30. The smallest absolute Gasteiger partial charge is 0.228 e. The highest BCUT2D eigenvalue weighted by molar-refractivity contribution is 5.79. The predicted octanol–water partition coefficient (Wildman–Crippen LogP) is 0.448. The number of carbonyl (C=O) groups excluding carboxylic acids is 1. The normalized spacial score (nSPS) is 18.8. The summed E-state index contributed by atoms with van der Waals surface area (Å²) in [5.74, 6) is 1.31. The summed E-state index contributed by atoms with van der Waals surface area (Å²) in [4.78, 5) is 22.1. The number of nitrogens with zero attached hydrogens (tertiary/aromatic N) is 3. The van der Waals surface area contributed by atoms with E-state index in [9.17, 15) is 4.79 Å². The highest BCUT2D eigenvalue weighted by atomic mass is 16.5.